The third kappa shape index (κ3) is 4.15. The van der Waals surface area contributed by atoms with Crippen molar-refractivity contribution >= 4 is 0 Å². The molecule has 0 aliphatic carbocycles. The highest BCUT2D eigenvalue weighted by Crippen LogP contribution is 2.23. The monoisotopic (exact) mass is 285 g/mol. The Morgan fingerprint density at radius 1 is 1.40 bits per heavy atom. The molecule has 0 aromatic heterocycles. The Morgan fingerprint density at radius 3 is 2.95 bits per heavy atom. The van der Waals surface area contributed by atoms with E-state index in [1.165, 1.54) is 0 Å². The van der Waals surface area contributed by atoms with Crippen LogP contribution < -0.4 is 10.1 Å². The summed E-state index contributed by atoms with van der Waals surface area (Å²) in [5.74, 6) is 0.743. The van der Waals surface area contributed by atoms with E-state index in [9.17, 15) is 8.78 Å². The van der Waals surface area contributed by atoms with E-state index in [4.69, 9.17) is 4.74 Å². The van der Waals surface area contributed by atoms with Gasteiger partial charge in [0.05, 0.1) is 6.10 Å². The van der Waals surface area contributed by atoms with Crippen LogP contribution in [-0.2, 0) is 11.3 Å². The van der Waals surface area contributed by atoms with E-state index in [1.807, 2.05) is 6.07 Å². The summed E-state index contributed by atoms with van der Waals surface area (Å²) in [6.45, 7) is 1.51. The van der Waals surface area contributed by atoms with E-state index >= 15 is 0 Å². The molecule has 1 saturated heterocycles. The minimum Gasteiger partial charge on any atom is -0.434 e. The Kier molecular flexibility index (Phi) is 5.73. The highest BCUT2D eigenvalue weighted by molar-refractivity contribution is 5.33. The Morgan fingerprint density at radius 2 is 2.20 bits per heavy atom. The summed E-state index contributed by atoms with van der Waals surface area (Å²) >= 11 is 0. The standard InChI is InChI=1S/C15H21F2NO2/c1-2-13-12(7-8-19-13)10-18-9-11-5-3-4-6-14(11)20-15(16)17/h3-6,12-13,15,18H,2,7-10H2,1H3. The Labute approximate surface area is 118 Å². The van der Waals surface area contributed by atoms with Crippen LogP contribution in [0.5, 0.6) is 5.75 Å². The smallest absolute Gasteiger partial charge is 0.387 e. The van der Waals surface area contributed by atoms with Gasteiger partial charge in [-0.05, 0) is 24.8 Å². The van der Waals surface area contributed by atoms with Crippen molar-refractivity contribution in [3.8, 4) is 5.75 Å². The first kappa shape index (κ1) is 15.2. The second kappa shape index (κ2) is 7.55. The molecule has 2 unspecified atom stereocenters. The van der Waals surface area contributed by atoms with Gasteiger partial charge < -0.3 is 14.8 Å². The van der Waals surface area contributed by atoms with Crippen LogP contribution in [0.15, 0.2) is 24.3 Å². The lowest BCUT2D eigenvalue weighted by atomic mass is 9.99. The van der Waals surface area contributed by atoms with E-state index in [0.717, 1.165) is 31.6 Å². The highest BCUT2D eigenvalue weighted by Gasteiger charge is 2.26. The average Bonchev–Trinajstić information content (AvgIpc) is 2.87. The molecule has 0 saturated carbocycles. The number of halogens is 2. The normalized spacial score (nSPS) is 22.4. The summed E-state index contributed by atoms with van der Waals surface area (Å²) in [5, 5.41) is 3.32. The molecule has 3 nitrogen and oxygen atoms in total. The van der Waals surface area contributed by atoms with E-state index in [1.54, 1.807) is 18.2 Å². The van der Waals surface area contributed by atoms with Crippen LogP contribution in [0.4, 0.5) is 8.78 Å². The number of nitrogens with one attached hydrogen (secondary N) is 1. The molecule has 1 N–H and O–H groups in total. The lowest BCUT2D eigenvalue weighted by molar-refractivity contribution is -0.0505. The van der Waals surface area contributed by atoms with Crippen LogP contribution in [0.1, 0.15) is 25.3 Å². The second-order valence-electron chi connectivity index (χ2n) is 4.98. The molecule has 1 aliphatic rings. The predicted molar refractivity (Wildman–Crippen MR) is 72.9 cm³/mol. The van der Waals surface area contributed by atoms with Gasteiger partial charge in [-0.25, -0.2) is 0 Å². The molecule has 0 amide bonds. The molecule has 5 heteroatoms. The SMILES string of the molecule is CCC1OCCC1CNCc1ccccc1OC(F)F. The average molecular weight is 285 g/mol. The number of alkyl halides is 2. The maximum atomic E-state index is 12.3. The van der Waals surface area contributed by atoms with Gasteiger partial charge in [-0.1, -0.05) is 25.1 Å². The van der Waals surface area contributed by atoms with Crippen LogP contribution in [0.3, 0.4) is 0 Å². The first-order valence-electron chi connectivity index (χ1n) is 7.05. The van der Waals surface area contributed by atoms with Crippen molar-refractivity contribution in [1.29, 1.82) is 0 Å². The fourth-order valence-electron chi connectivity index (χ4n) is 2.63. The summed E-state index contributed by atoms with van der Waals surface area (Å²) in [6.07, 6.45) is 2.38. The van der Waals surface area contributed by atoms with Crippen molar-refractivity contribution in [2.24, 2.45) is 5.92 Å². The first-order chi connectivity index (χ1) is 9.70. The van der Waals surface area contributed by atoms with E-state index in [0.29, 0.717) is 18.6 Å². The molecule has 0 bridgehead atoms. The van der Waals surface area contributed by atoms with Gasteiger partial charge in [0.15, 0.2) is 0 Å². The molecular formula is C15H21F2NO2. The third-order valence-corrected chi connectivity index (χ3v) is 3.66. The van der Waals surface area contributed by atoms with Crippen molar-refractivity contribution < 1.29 is 18.3 Å². The lowest BCUT2D eigenvalue weighted by Gasteiger charge is -2.18. The Hall–Kier alpha value is -1.20. The molecule has 1 heterocycles. The summed E-state index contributed by atoms with van der Waals surface area (Å²) in [5.41, 5.74) is 0.750. The predicted octanol–water partition coefficient (Wildman–Crippen LogP) is 3.19. The van der Waals surface area contributed by atoms with Gasteiger partial charge in [-0.15, -0.1) is 0 Å². The number of hydrogen-bond acceptors (Lipinski definition) is 3. The van der Waals surface area contributed by atoms with Gasteiger partial charge in [-0.2, -0.15) is 8.78 Å². The van der Waals surface area contributed by atoms with E-state index < -0.39 is 6.61 Å². The molecule has 1 aromatic carbocycles. The zero-order valence-electron chi connectivity index (χ0n) is 11.6. The fourth-order valence-corrected chi connectivity index (χ4v) is 2.63. The highest BCUT2D eigenvalue weighted by atomic mass is 19.3. The molecular weight excluding hydrogens is 264 g/mol. The Balaban J connectivity index is 1.84. The summed E-state index contributed by atoms with van der Waals surface area (Å²) in [6, 6.07) is 6.88. The molecule has 2 rings (SSSR count). The van der Waals surface area contributed by atoms with Crippen molar-refractivity contribution in [2.75, 3.05) is 13.2 Å². The number of para-hydroxylation sites is 1. The minimum absolute atomic E-state index is 0.240. The van der Waals surface area contributed by atoms with Gasteiger partial charge in [0.25, 0.3) is 0 Å². The van der Waals surface area contributed by atoms with E-state index in [2.05, 4.69) is 17.0 Å². The van der Waals surface area contributed by atoms with Crippen LogP contribution in [0.2, 0.25) is 0 Å². The summed E-state index contributed by atoms with van der Waals surface area (Å²) in [4.78, 5) is 0. The van der Waals surface area contributed by atoms with Crippen LogP contribution in [-0.4, -0.2) is 25.9 Å². The van der Waals surface area contributed by atoms with Crippen LogP contribution in [0.25, 0.3) is 0 Å². The van der Waals surface area contributed by atoms with Gasteiger partial charge >= 0.3 is 6.61 Å². The molecule has 1 fully saturated rings. The van der Waals surface area contributed by atoms with Gasteiger partial charge in [0, 0.05) is 25.3 Å². The van der Waals surface area contributed by atoms with Crippen molar-refractivity contribution in [1.82, 2.24) is 5.32 Å². The number of rotatable bonds is 7. The van der Waals surface area contributed by atoms with Crippen LogP contribution >= 0.6 is 0 Å². The van der Waals surface area contributed by atoms with Gasteiger partial charge in [-0.3, -0.25) is 0 Å². The molecule has 0 spiro atoms. The van der Waals surface area contributed by atoms with Crippen molar-refractivity contribution in [3.63, 3.8) is 0 Å². The molecule has 20 heavy (non-hydrogen) atoms. The zero-order chi connectivity index (χ0) is 14.4. The zero-order valence-corrected chi connectivity index (χ0v) is 11.6. The quantitative estimate of drug-likeness (QED) is 0.834. The molecule has 1 aromatic rings. The van der Waals surface area contributed by atoms with Crippen LogP contribution in [0, 0.1) is 5.92 Å². The summed E-state index contributed by atoms with van der Waals surface area (Å²) in [7, 11) is 0. The largest absolute Gasteiger partial charge is 0.434 e. The second-order valence-corrected chi connectivity index (χ2v) is 4.98. The number of benzene rings is 1. The molecule has 2 atom stereocenters. The maximum absolute atomic E-state index is 12.3. The minimum atomic E-state index is -2.79. The lowest BCUT2D eigenvalue weighted by Crippen LogP contribution is -2.28. The fraction of sp³-hybridized carbons (Fsp3) is 0.600. The van der Waals surface area contributed by atoms with Crippen molar-refractivity contribution in [3.05, 3.63) is 29.8 Å². The molecule has 112 valence electrons. The number of hydrogen-bond donors (Lipinski definition) is 1. The van der Waals surface area contributed by atoms with Crippen molar-refractivity contribution in [2.45, 2.75) is 39.0 Å². The molecule has 1 aliphatic heterocycles. The summed E-state index contributed by atoms with van der Waals surface area (Å²) < 4.78 is 34.8. The van der Waals surface area contributed by atoms with Gasteiger partial charge in [0.1, 0.15) is 5.75 Å². The molecule has 0 radical (unpaired) electrons. The Bertz CT molecular complexity index is 415. The topological polar surface area (TPSA) is 30.5 Å². The number of ether oxygens (including phenoxy) is 2. The maximum Gasteiger partial charge on any atom is 0.387 e. The third-order valence-electron chi connectivity index (χ3n) is 3.66. The van der Waals surface area contributed by atoms with E-state index in [-0.39, 0.29) is 5.75 Å². The van der Waals surface area contributed by atoms with Gasteiger partial charge in [0.2, 0.25) is 0 Å². The first-order valence-corrected chi connectivity index (χ1v) is 7.05.